The molecule has 0 aliphatic rings. The predicted molar refractivity (Wildman–Crippen MR) is 84.2 cm³/mol. The SMILES string of the molecule is CCc1nc2ccc(C(=O)O)cc2n1Cc1ccc(C)s1. The van der Waals surface area contributed by atoms with Crippen molar-refractivity contribution < 1.29 is 9.90 Å². The molecule has 0 unspecified atom stereocenters. The summed E-state index contributed by atoms with van der Waals surface area (Å²) in [5.41, 5.74) is 2.04. The fourth-order valence-electron chi connectivity index (χ4n) is 2.48. The number of aromatic nitrogens is 2. The zero-order valence-electron chi connectivity index (χ0n) is 12.0. The fraction of sp³-hybridized carbons (Fsp3) is 0.250. The van der Waals surface area contributed by atoms with Crippen molar-refractivity contribution in [3.8, 4) is 0 Å². The summed E-state index contributed by atoms with van der Waals surface area (Å²) < 4.78 is 2.12. The van der Waals surface area contributed by atoms with Gasteiger partial charge in [-0.1, -0.05) is 6.92 Å². The van der Waals surface area contributed by atoms with E-state index in [1.165, 1.54) is 9.75 Å². The Bertz CT molecular complexity index is 817. The molecule has 0 fully saturated rings. The molecule has 2 heterocycles. The van der Waals surface area contributed by atoms with Gasteiger partial charge >= 0.3 is 5.97 Å². The van der Waals surface area contributed by atoms with Crippen LogP contribution >= 0.6 is 11.3 Å². The maximum absolute atomic E-state index is 11.2. The molecule has 1 N–H and O–H groups in total. The molecule has 4 nitrogen and oxygen atoms in total. The third-order valence-corrected chi connectivity index (χ3v) is 4.49. The Kier molecular flexibility index (Phi) is 3.51. The summed E-state index contributed by atoms with van der Waals surface area (Å²) in [6.07, 6.45) is 0.821. The Balaban J connectivity index is 2.13. The van der Waals surface area contributed by atoms with Gasteiger partial charge in [0.25, 0.3) is 0 Å². The first-order valence-corrected chi connectivity index (χ1v) is 7.68. The van der Waals surface area contributed by atoms with Gasteiger partial charge in [-0.3, -0.25) is 0 Å². The Morgan fingerprint density at radius 1 is 1.33 bits per heavy atom. The molecule has 0 bridgehead atoms. The van der Waals surface area contributed by atoms with E-state index in [0.717, 1.165) is 29.8 Å². The minimum atomic E-state index is -0.908. The van der Waals surface area contributed by atoms with Gasteiger partial charge in [0, 0.05) is 16.2 Å². The van der Waals surface area contributed by atoms with Gasteiger partial charge in [0.05, 0.1) is 23.1 Å². The average Bonchev–Trinajstić information content (AvgIpc) is 3.02. The lowest BCUT2D eigenvalue weighted by Gasteiger charge is -2.07. The topological polar surface area (TPSA) is 55.1 Å². The number of carboxylic acids is 1. The van der Waals surface area contributed by atoms with E-state index in [1.807, 2.05) is 0 Å². The van der Waals surface area contributed by atoms with Crippen LogP contribution in [0.2, 0.25) is 0 Å². The highest BCUT2D eigenvalue weighted by Gasteiger charge is 2.13. The Hall–Kier alpha value is -2.14. The summed E-state index contributed by atoms with van der Waals surface area (Å²) in [5, 5.41) is 9.16. The number of benzene rings is 1. The van der Waals surface area contributed by atoms with E-state index >= 15 is 0 Å². The summed E-state index contributed by atoms with van der Waals surface area (Å²) in [6, 6.07) is 9.33. The lowest BCUT2D eigenvalue weighted by atomic mass is 10.2. The van der Waals surface area contributed by atoms with Crippen molar-refractivity contribution in [2.75, 3.05) is 0 Å². The third kappa shape index (κ3) is 2.56. The van der Waals surface area contributed by atoms with Gasteiger partial charge in [0.15, 0.2) is 0 Å². The summed E-state index contributed by atoms with van der Waals surface area (Å²) in [7, 11) is 0. The maximum Gasteiger partial charge on any atom is 0.335 e. The first kappa shape index (κ1) is 13.8. The van der Waals surface area contributed by atoms with Crippen LogP contribution < -0.4 is 0 Å². The minimum Gasteiger partial charge on any atom is -0.478 e. The van der Waals surface area contributed by atoms with Gasteiger partial charge in [-0.05, 0) is 37.3 Å². The molecule has 0 saturated carbocycles. The van der Waals surface area contributed by atoms with Crippen LogP contribution in [0.3, 0.4) is 0 Å². The second-order valence-electron chi connectivity index (χ2n) is 4.99. The van der Waals surface area contributed by atoms with Gasteiger partial charge in [0.2, 0.25) is 0 Å². The highest BCUT2D eigenvalue weighted by atomic mass is 32.1. The van der Waals surface area contributed by atoms with Crippen LogP contribution in [0.1, 0.15) is 32.9 Å². The normalized spacial score (nSPS) is 11.1. The molecule has 0 radical (unpaired) electrons. The standard InChI is InChI=1S/C16H16N2O2S/c1-3-15-17-13-7-5-11(16(19)20)8-14(13)18(15)9-12-6-4-10(2)21-12/h4-8H,3,9H2,1-2H3,(H,19,20). The van der Waals surface area contributed by atoms with Gasteiger partial charge in [0.1, 0.15) is 5.82 Å². The molecule has 3 rings (SSSR count). The molecule has 1 aromatic carbocycles. The van der Waals surface area contributed by atoms with E-state index in [0.29, 0.717) is 5.56 Å². The molecule has 0 atom stereocenters. The van der Waals surface area contributed by atoms with Crippen molar-refractivity contribution in [2.24, 2.45) is 0 Å². The first-order chi connectivity index (χ1) is 10.1. The van der Waals surface area contributed by atoms with E-state index in [9.17, 15) is 4.79 Å². The highest BCUT2D eigenvalue weighted by Crippen LogP contribution is 2.23. The Morgan fingerprint density at radius 2 is 2.14 bits per heavy atom. The number of hydrogen-bond acceptors (Lipinski definition) is 3. The lowest BCUT2D eigenvalue weighted by molar-refractivity contribution is 0.0697. The fourth-order valence-corrected chi connectivity index (χ4v) is 3.36. The Labute approximate surface area is 126 Å². The molecule has 0 aliphatic carbocycles. The van der Waals surface area contributed by atoms with Crippen molar-refractivity contribution in [1.29, 1.82) is 0 Å². The number of nitrogens with zero attached hydrogens (tertiary/aromatic N) is 2. The van der Waals surface area contributed by atoms with E-state index in [4.69, 9.17) is 5.11 Å². The van der Waals surface area contributed by atoms with Crippen LogP contribution in [0.15, 0.2) is 30.3 Å². The van der Waals surface area contributed by atoms with Crippen molar-refractivity contribution in [3.63, 3.8) is 0 Å². The smallest absolute Gasteiger partial charge is 0.335 e. The number of carbonyl (C=O) groups is 1. The molecule has 2 aromatic heterocycles. The summed E-state index contributed by atoms with van der Waals surface area (Å²) in [4.78, 5) is 18.3. The van der Waals surface area contributed by atoms with Crippen molar-refractivity contribution >= 4 is 28.3 Å². The molecular weight excluding hydrogens is 284 g/mol. The van der Waals surface area contributed by atoms with Crippen molar-refractivity contribution in [2.45, 2.75) is 26.8 Å². The van der Waals surface area contributed by atoms with Gasteiger partial charge in [-0.25, -0.2) is 9.78 Å². The molecule has 0 spiro atoms. The Morgan fingerprint density at radius 3 is 2.76 bits per heavy atom. The van der Waals surface area contributed by atoms with Crippen LogP contribution in [0.4, 0.5) is 0 Å². The molecule has 0 saturated heterocycles. The van der Waals surface area contributed by atoms with Gasteiger partial charge in [-0.2, -0.15) is 0 Å². The van der Waals surface area contributed by atoms with Crippen LogP contribution in [0, 0.1) is 6.92 Å². The van der Waals surface area contributed by atoms with Crippen molar-refractivity contribution in [3.05, 3.63) is 51.5 Å². The second kappa shape index (κ2) is 5.33. The highest BCUT2D eigenvalue weighted by molar-refractivity contribution is 7.11. The zero-order valence-corrected chi connectivity index (χ0v) is 12.8. The quantitative estimate of drug-likeness (QED) is 0.799. The summed E-state index contributed by atoms with van der Waals surface area (Å²) in [5.74, 6) is 0.0771. The molecule has 0 aliphatic heterocycles. The average molecular weight is 300 g/mol. The number of carboxylic acid groups (broad SMARTS) is 1. The molecule has 21 heavy (non-hydrogen) atoms. The number of aryl methyl sites for hydroxylation is 2. The first-order valence-electron chi connectivity index (χ1n) is 6.86. The van der Waals surface area contributed by atoms with Crippen LogP contribution in [-0.4, -0.2) is 20.6 Å². The molecular formula is C16H16N2O2S. The lowest BCUT2D eigenvalue weighted by Crippen LogP contribution is -2.04. The minimum absolute atomic E-state index is 0.300. The number of fused-ring (bicyclic) bond motifs is 1. The van der Waals surface area contributed by atoms with Crippen LogP contribution in [-0.2, 0) is 13.0 Å². The molecule has 5 heteroatoms. The predicted octanol–water partition coefficient (Wildman–Crippen LogP) is 3.72. The van der Waals surface area contributed by atoms with Crippen LogP contribution in [0.5, 0.6) is 0 Å². The number of imidazole rings is 1. The van der Waals surface area contributed by atoms with Gasteiger partial charge in [-0.15, -0.1) is 11.3 Å². The van der Waals surface area contributed by atoms with Gasteiger partial charge < -0.3 is 9.67 Å². The third-order valence-electron chi connectivity index (χ3n) is 3.50. The van der Waals surface area contributed by atoms with Crippen molar-refractivity contribution in [1.82, 2.24) is 9.55 Å². The van der Waals surface area contributed by atoms with Crippen LogP contribution in [0.25, 0.3) is 11.0 Å². The van der Waals surface area contributed by atoms with E-state index in [-0.39, 0.29) is 0 Å². The zero-order chi connectivity index (χ0) is 15.0. The molecule has 0 amide bonds. The molecule has 108 valence electrons. The largest absolute Gasteiger partial charge is 0.478 e. The van der Waals surface area contributed by atoms with E-state index < -0.39 is 5.97 Å². The number of hydrogen-bond donors (Lipinski definition) is 1. The number of thiophene rings is 1. The summed E-state index contributed by atoms with van der Waals surface area (Å²) in [6.45, 7) is 4.89. The number of aromatic carboxylic acids is 1. The monoisotopic (exact) mass is 300 g/mol. The summed E-state index contributed by atoms with van der Waals surface area (Å²) >= 11 is 1.76. The number of rotatable bonds is 4. The second-order valence-corrected chi connectivity index (χ2v) is 6.36. The maximum atomic E-state index is 11.2. The van der Waals surface area contributed by atoms with E-state index in [2.05, 4.69) is 35.5 Å². The molecule has 3 aromatic rings. The van der Waals surface area contributed by atoms with E-state index in [1.54, 1.807) is 29.5 Å².